The molecule has 0 bridgehead atoms. The van der Waals surface area contributed by atoms with Crippen LogP contribution in [0.5, 0.6) is 0 Å². The van der Waals surface area contributed by atoms with Crippen LogP contribution in [0.1, 0.15) is 54.9 Å². The highest BCUT2D eigenvalue weighted by Crippen LogP contribution is 2.13. The Morgan fingerprint density at radius 3 is 2.74 bits per heavy atom. The number of nitrogens with one attached hydrogen (secondary N) is 2. The maximum atomic E-state index is 13.2. The van der Waals surface area contributed by atoms with Gasteiger partial charge in [0.05, 0.1) is 17.6 Å². The van der Waals surface area contributed by atoms with E-state index in [1.807, 2.05) is 13.0 Å². The predicted molar refractivity (Wildman–Crippen MR) is 121 cm³/mol. The average molecular weight is 426 g/mol. The molecule has 3 heterocycles. The lowest BCUT2D eigenvalue weighted by Crippen LogP contribution is -2.36. The molecule has 3 aromatic rings. The number of hydrogen-bond donors (Lipinski definition) is 2. The smallest absolute Gasteiger partial charge is 0.267 e. The summed E-state index contributed by atoms with van der Waals surface area (Å²) in [7, 11) is 1.57. The monoisotopic (exact) mass is 425 g/mol. The van der Waals surface area contributed by atoms with Gasteiger partial charge in [0.25, 0.3) is 11.5 Å². The van der Waals surface area contributed by atoms with Crippen LogP contribution in [0.4, 0.5) is 0 Å². The lowest BCUT2D eigenvalue weighted by molar-refractivity contribution is 0.0950. The van der Waals surface area contributed by atoms with Gasteiger partial charge < -0.3 is 14.6 Å². The first-order valence-electron chi connectivity index (χ1n) is 10.9. The first-order valence-corrected chi connectivity index (χ1v) is 10.9. The normalized spacial score (nSPS) is 11.3. The molecule has 8 nitrogen and oxygen atoms in total. The van der Waals surface area contributed by atoms with Crippen LogP contribution in [0.2, 0.25) is 0 Å². The first-order chi connectivity index (χ1) is 15.0. The Morgan fingerprint density at radius 1 is 1.23 bits per heavy atom. The number of unbranched alkanes of at least 4 members (excludes halogenated alkanes) is 4. The highest BCUT2D eigenvalue weighted by atomic mass is 16.5. The topological polar surface area (TPSA) is 101 Å². The number of nitrogens with zero attached hydrogens (tertiary/aromatic N) is 3. The van der Waals surface area contributed by atoms with Crippen LogP contribution in [-0.2, 0) is 11.3 Å². The molecular weight excluding hydrogens is 394 g/mol. The molecule has 0 aliphatic carbocycles. The fourth-order valence-corrected chi connectivity index (χ4v) is 3.70. The van der Waals surface area contributed by atoms with Gasteiger partial charge in [-0.05, 0) is 31.0 Å². The van der Waals surface area contributed by atoms with E-state index in [2.05, 4.69) is 17.2 Å². The van der Waals surface area contributed by atoms with Crippen molar-refractivity contribution in [3.05, 3.63) is 51.4 Å². The predicted octanol–water partition coefficient (Wildman–Crippen LogP) is 2.78. The van der Waals surface area contributed by atoms with E-state index in [1.165, 1.54) is 23.3 Å². The van der Waals surface area contributed by atoms with Crippen molar-refractivity contribution in [2.75, 3.05) is 20.3 Å². The molecule has 0 spiro atoms. The van der Waals surface area contributed by atoms with Crippen molar-refractivity contribution in [3.8, 4) is 0 Å². The third-order valence-electron chi connectivity index (χ3n) is 5.46. The number of ether oxygens (including phenoxy) is 1. The standard InChI is InChI=1S/C23H31N5O3/c1-4-5-6-7-8-11-25-22(29)17-15-18-21(27(19(17)24)13-14-31-3)26-20-16(2)10-9-12-28(20)23(18)30/h9-10,12,15,24H,4-8,11,13-14H2,1-3H3,(H,25,29). The molecule has 2 N–H and O–H groups in total. The minimum Gasteiger partial charge on any atom is -0.383 e. The van der Waals surface area contributed by atoms with E-state index in [-0.39, 0.29) is 22.5 Å². The quantitative estimate of drug-likeness (QED) is 0.385. The van der Waals surface area contributed by atoms with Crippen LogP contribution in [0, 0.1) is 12.3 Å². The SMILES string of the molecule is CCCCCCCNC(=O)c1cc2c(=O)n3cccc(C)c3nc2n(CCOC)c1=N. The highest BCUT2D eigenvalue weighted by Gasteiger charge is 2.17. The van der Waals surface area contributed by atoms with Gasteiger partial charge in [-0.2, -0.15) is 0 Å². The molecule has 1 amide bonds. The molecule has 0 aliphatic heterocycles. The molecule has 0 atom stereocenters. The van der Waals surface area contributed by atoms with Gasteiger partial charge in [0.2, 0.25) is 0 Å². The summed E-state index contributed by atoms with van der Waals surface area (Å²) >= 11 is 0. The third kappa shape index (κ3) is 4.85. The molecule has 0 saturated heterocycles. The summed E-state index contributed by atoms with van der Waals surface area (Å²) in [5, 5.41) is 11.8. The molecule has 8 heteroatoms. The Bertz CT molecular complexity index is 1200. The van der Waals surface area contributed by atoms with Gasteiger partial charge in [0.1, 0.15) is 16.8 Å². The van der Waals surface area contributed by atoms with Crippen molar-refractivity contribution in [1.29, 1.82) is 5.41 Å². The molecule has 0 radical (unpaired) electrons. The Kier molecular flexibility index (Phi) is 7.57. The van der Waals surface area contributed by atoms with E-state index >= 15 is 0 Å². The highest BCUT2D eigenvalue weighted by molar-refractivity contribution is 5.96. The zero-order chi connectivity index (χ0) is 22.4. The summed E-state index contributed by atoms with van der Waals surface area (Å²) in [6, 6.07) is 5.18. The van der Waals surface area contributed by atoms with Crippen molar-refractivity contribution < 1.29 is 9.53 Å². The number of carbonyl (C=O) groups is 1. The minimum atomic E-state index is -0.345. The number of amides is 1. The van der Waals surface area contributed by atoms with Crippen LogP contribution in [0.3, 0.4) is 0 Å². The van der Waals surface area contributed by atoms with Crippen LogP contribution in [0.25, 0.3) is 16.7 Å². The summed E-state index contributed by atoms with van der Waals surface area (Å²) in [6.45, 7) is 5.25. The lowest BCUT2D eigenvalue weighted by atomic mass is 10.1. The van der Waals surface area contributed by atoms with Gasteiger partial charge in [0, 0.05) is 26.4 Å². The van der Waals surface area contributed by atoms with Crippen molar-refractivity contribution in [2.24, 2.45) is 0 Å². The Labute approximate surface area is 181 Å². The fraction of sp³-hybridized carbons (Fsp3) is 0.478. The number of rotatable bonds is 10. The van der Waals surface area contributed by atoms with Crippen molar-refractivity contribution >= 4 is 22.6 Å². The molecule has 0 fully saturated rings. The number of aryl methyl sites for hydroxylation is 1. The molecule has 3 aromatic heterocycles. The Hall–Kier alpha value is -3.00. The summed E-state index contributed by atoms with van der Waals surface area (Å²) in [5.41, 5.74) is 1.72. The molecule has 0 aromatic carbocycles. The van der Waals surface area contributed by atoms with Gasteiger partial charge >= 0.3 is 0 Å². The summed E-state index contributed by atoms with van der Waals surface area (Å²) in [5.74, 6) is -0.345. The zero-order valence-corrected chi connectivity index (χ0v) is 18.5. The molecule has 0 unspecified atom stereocenters. The summed E-state index contributed by atoms with van der Waals surface area (Å²) in [4.78, 5) is 30.7. The summed E-state index contributed by atoms with van der Waals surface area (Å²) < 4.78 is 8.26. The number of fused-ring (bicyclic) bond motifs is 2. The van der Waals surface area contributed by atoms with Crippen molar-refractivity contribution in [3.63, 3.8) is 0 Å². The van der Waals surface area contributed by atoms with E-state index < -0.39 is 0 Å². The Morgan fingerprint density at radius 2 is 2.00 bits per heavy atom. The van der Waals surface area contributed by atoms with Crippen molar-refractivity contribution in [1.82, 2.24) is 19.3 Å². The van der Waals surface area contributed by atoms with E-state index in [0.717, 1.165) is 24.8 Å². The molecule has 166 valence electrons. The molecule has 0 saturated carbocycles. The average Bonchev–Trinajstić information content (AvgIpc) is 2.76. The maximum Gasteiger partial charge on any atom is 0.267 e. The number of pyridine rings is 2. The van der Waals surface area contributed by atoms with Gasteiger partial charge in [0.15, 0.2) is 0 Å². The number of methoxy groups -OCH3 is 1. The van der Waals surface area contributed by atoms with Crippen LogP contribution in [-0.4, -0.2) is 40.1 Å². The number of carbonyl (C=O) groups excluding carboxylic acids is 1. The fourth-order valence-electron chi connectivity index (χ4n) is 3.70. The van der Waals surface area contributed by atoms with Crippen LogP contribution in [0.15, 0.2) is 29.2 Å². The Balaban J connectivity index is 2.04. The van der Waals surface area contributed by atoms with Crippen LogP contribution >= 0.6 is 0 Å². The largest absolute Gasteiger partial charge is 0.383 e. The molecule has 3 rings (SSSR count). The second kappa shape index (κ2) is 10.3. The van der Waals surface area contributed by atoms with E-state index in [4.69, 9.17) is 10.1 Å². The minimum absolute atomic E-state index is 0.0258. The van der Waals surface area contributed by atoms with Gasteiger partial charge in [-0.3, -0.25) is 19.4 Å². The van der Waals surface area contributed by atoms with E-state index in [0.29, 0.717) is 36.4 Å². The van der Waals surface area contributed by atoms with E-state index in [1.54, 1.807) is 23.9 Å². The molecule has 31 heavy (non-hydrogen) atoms. The van der Waals surface area contributed by atoms with Gasteiger partial charge in [-0.1, -0.05) is 38.7 Å². The van der Waals surface area contributed by atoms with Crippen LogP contribution < -0.4 is 16.4 Å². The second-order valence-electron chi connectivity index (χ2n) is 7.76. The second-order valence-corrected chi connectivity index (χ2v) is 7.76. The van der Waals surface area contributed by atoms with Gasteiger partial charge in [-0.15, -0.1) is 0 Å². The number of aromatic nitrogens is 3. The third-order valence-corrected chi connectivity index (χ3v) is 5.46. The van der Waals surface area contributed by atoms with Gasteiger partial charge in [-0.25, -0.2) is 4.98 Å². The number of hydrogen-bond acceptors (Lipinski definition) is 5. The molecule has 0 aliphatic rings. The summed E-state index contributed by atoms with van der Waals surface area (Å²) in [6.07, 6.45) is 7.14. The lowest BCUT2D eigenvalue weighted by Gasteiger charge is -2.15. The zero-order valence-electron chi connectivity index (χ0n) is 18.5. The van der Waals surface area contributed by atoms with Crippen molar-refractivity contribution in [2.45, 2.75) is 52.5 Å². The van der Waals surface area contributed by atoms with E-state index in [9.17, 15) is 9.59 Å². The first kappa shape index (κ1) is 22.7. The molecular formula is C23H31N5O3. The maximum absolute atomic E-state index is 13.2.